The average Bonchev–Trinajstić information content (AvgIpc) is 2.72. The lowest BCUT2D eigenvalue weighted by Gasteiger charge is -2.20. The third-order valence-electron chi connectivity index (χ3n) is 2.94. The molecule has 1 fully saturated rings. The van der Waals surface area contributed by atoms with Gasteiger partial charge >= 0.3 is 0 Å². The predicted octanol–water partition coefficient (Wildman–Crippen LogP) is 1.74. The molecule has 0 radical (unpaired) electrons. The largest absolute Gasteiger partial charge is 0.381 e. The standard InChI is InChI=1S/C11H15N3O/c1-2-10-9(7-12)11(14-13-10)8-3-5-15-6-4-8/h8H,2-6H2,1H3,(H,13,14). The lowest BCUT2D eigenvalue weighted by Crippen LogP contribution is -2.15. The van der Waals surface area contributed by atoms with Gasteiger partial charge in [0.15, 0.2) is 0 Å². The van der Waals surface area contributed by atoms with Crippen LogP contribution in [-0.2, 0) is 11.2 Å². The van der Waals surface area contributed by atoms with Gasteiger partial charge in [-0.15, -0.1) is 0 Å². The van der Waals surface area contributed by atoms with E-state index in [1.54, 1.807) is 0 Å². The lowest BCUT2D eigenvalue weighted by molar-refractivity contribution is 0.0844. The van der Waals surface area contributed by atoms with Crippen LogP contribution >= 0.6 is 0 Å². The summed E-state index contributed by atoms with van der Waals surface area (Å²) in [5.74, 6) is 0.393. The monoisotopic (exact) mass is 205 g/mol. The molecule has 1 N–H and O–H groups in total. The first kappa shape index (κ1) is 10.2. The first-order chi connectivity index (χ1) is 7.36. The van der Waals surface area contributed by atoms with Crippen molar-refractivity contribution >= 4 is 0 Å². The summed E-state index contributed by atoms with van der Waals surface area (Å²) in [6.07, 6.45) is 2.78. The molecule has 0 bridgehead atoms. The van der Waals surface area contributed by atoms with Gasteiger partial charge in [-0.2, -0.15) is 10.4 Å². The van der Waals surface area contributed by atoms with Crippen molar-refractivity contribution < 1.29 is 4.74 Å². The molecule has 0 atom stereocenters. The molecule has 4 heteroatoms. The van der Waals surface area contributed by atoms with E-state index in [4.69, 9.17) is 10.00 Å². The molecule has 0 saturated carbocycles. The minimum absolute atomic E-state index is 0.393. The summed E-state index contributed by atoms with van der Waals surface area (Å²) in [4.78, 5) is 0. The quantitative estimate of drug-likeness (QED) is 0.799. The van der Waals surface area contributed by atoms with Crippen LogP contribution in [0.15, 0.2) is 0 Å². The number of ether oxygens (including phenoxy) is 1. The number of aromatic amines is 1. The Balaban J connectivity index is 2.27. The Morgan fingerprint density at radius 1 is 1.53 bits per heavy atom. The molecule has 1 aliphatic heterocycles. The van der Waals surface area contributed by atoms with Crippen molar-refractivity contribution in [2.24, 2.45) is 0 Å². The number of rotatable bonds is 2. The molecular formula is C11H15N3O. The molecule has 4 nitrogen and oxygen atoms in total. The fourth-order valence-electron chi connectivity index (χ4n) is 2.04. The van der Waals surface area contributed by atoms with E-state index >= 15 is 0 Å². The number of nitrogens with zero attached hydrogens (tertiary/aromatic N) is 2. The van der Waals surface area contributed by atoms with Gasteiger partial charge < -0.3 is 4.74 Å². The second kappa shape index (κ2) is 4.45. The van der Waals surface area contributed by atoms with Crippen LogP contribution in [0.2, 0.25) is 0 Å². The second-order valence-electron chi connectivity index (χ2n) is 3.81. The van der Waals surface area contributed by atoms with Gasteiger partial charge in [0.25, 0.3) is 0 Å². The molecule has 0 spiro atoms. The minimum Gasteiger partial charge on any atom is -0.381 e. The van der Waals surface area contributed by atoms with E-state index in [2.05, 4.69) is 16.3 Å². The van der Waals surface area contributed by atoms with E-state index in [0.29, 0.717) is 5.92 Å². The van der Waals surface area contributed by atoms with E-state index in [-0.39, 0.29) is 0 Å². The molecule has 1 aromatic heterocycles. The maximum absolute atomic E-state index is 9.11. The Morgan fingerprint density at radius 2 is 2.27 bits per heavy atom. The summed E-state index contributed by atoms with van der Waals surface area (Å²) in [6, 6.07) is 2.26. The highest BCUT2D eigenvalue weighted by Crippen LogP contribution is 2.28. The van der Waals surface area contributed by atoms with Crippen molar-refractivity contribution in [1.29, 1.82) is 5.26 Å². The van der Waals surface area contributed by atoms with Gasteiger partial charge in [-0.05, 0) is 19.3 Å². The van der Waals surface area contributed by atoms with Crippen LogP contribution in [0.25, 0.3) is 0 Å². The molecule has 2 rings (SSSR count). The summed E-state index contributed by atoms with van der Waals surface area (Å²) >= 11 is 0. The van der Waals surface area contributed by atoms with E-state index in [1.807, 2.05) is 6.92 Å². The number of nitrogens with one attached hydrogen (secondary N) is 1. The Morgan fingerprint density at radius 3 is 2.87 bits per heavy atom. The average molecular weight is 205 g/mol. The molecule has 1 aromatic rings. The molecule has 1 aliphatic rings. The molecule has 0 unspecified atom stereocenters. The SMILES string of the molecule is CCc1[nH]nc(C2CCOCC2)c1C#N. The number of H-pyrrole nitrogens is 1. The molecular weight excluding hydrogens is 190 g/mol. The highest BCUT2D eigenvalue weighted by atomic mass is 16.5. The molecule has 0 aromatic carbocycles. The molecule has 80 valence electrons. The Hall–Kier alpha value is -1.34. The van der Waals surface area contributed by atoms with Gasteiger partial charge in [-0.25, -0.2) is 0 Å². The number of nitriles is 1. The Labute approximate surface area is 89.2 Å². The van der Waals surface area contributed by atoms with Crippen LogP contribution in [0, 0.1) is 11.3 Å². The van der Waals surface area contributed by atoms with Crippen molar-refractivity contribution in [3.05, 3.63) is 17.0 Å². The molecule has 1 saturated heterocycles. The van der Waals surface area contributed by atoms with Gasteiger partial charge in [0, 0.05) is 19.1 Å². The van der Waals surface area contributed by atoms with Gasteiger partial charge in [0.1, 0.15) is 6.07 Å². The summed E-state index contributed by atoms with van der Waals surface area (Å²) in [5.41, 5.74) is 2.65. The van der Waals surface area contributed by atoms with Crippen LogP contribution < -0.4 is 0 Å². The van der Waals surface area contributed by atoms with Gasteiger partial charge in [-0.3, -0.25) is 5.10 Å². The van der Waals surface area contributed by atoms with Crippen molar-refractivity contribution in [2.75, 3.05) is 13.2 Å². The number of hydrogen-bond donors (Lipinski definition) is 1. The number of aryl methyl sites for hydroxylation is 1. The van der Waals surface area contributed by atoms with E-state index in [1.165, 1.54) is 0 Å². The predicted molar refractivity (Wildman–Crippen MR) is 55.5 cm³/mol. The molecule has 2 heterocycles. The Bertz CT molecular complexity index is 372. The van der Waals surface area contributed by atoms with Gasteiger partial charge in [0.2, 0.25) is 0 Å². The van der Waals surface area contributed by atoms with Crippen LogP contribution in [0.1, 0.15) is 42.6 Å². The van der Waals surface area contributed by atoms with Crippen LogP contribution in [0.5, 0.6) is 0 Å². The van der Waals surface area contributed by atoms with Crippen LogP contribution in [0.4, 0.5) is 0 Å². The third-order valence-corrected chi connectivity index (χ3v) is 2.94. The second-order valence-corrected chi connectivity index (χ2v) is 3.81. The third kappa shape index (κ3) is 1.88. The zero-order valence-corrected chi connectivity index (χ0v) is 8.92. The highest BCUT2D eigenvalue weighted by molar-refractivity contribution is 5.39. The maximum Gasteiger partial charge on any atom is 0.103 e. The fourth-order valence-corrected chi connectivity index (χ4v) is 2.04. The first-order valence-electron chi connectivity index (χ1n) is 5.41. The number of hydrogen-bond acceptors (Lipinski definition) is 3. The smallest absolute Gasteiger partial charge is 0.103 e. The van der Waals surface area contributed by atoms with Crippen molar-refractivity contribution in [3.8, 4) is 6.07 Å². The zero-order chi connectivity index (χ0) is 10.7. The lowest BCUT2D eigenvalue weighted by atomic mass is 9.93. The first-order valence-corrected chi connectivity index (χ1v) is 5.41. The van der Waals surface area contributed by atoms with E-state index < -0.39 is 0 Å². The zero-order valence-electron chi connectivity index (χ0n) is 8.92. The van der Waals surface area contributed by atoms with Crippen LogP contribution in [0.3, 0.4) is 0 Å². The van der Waals surface area contributed by atoms with Crippen molar-refractivity contribution in [3.63, 3.8) is 0 Å². The summed E-state index contributed by atoms with van der Waals surface area (Å²) < 4.78 is 5.31. The van der Waals surface area contributed by atoms with Crippen molar-refractivity contribution in [1.82, 2.24) is 10.2 Å². The maximum atomic E-state index is 9.11. The minimum atomic E-state index is 0.393. The number of aromatic nitrogens is 2. The van der Waals surface area contributed by atoms with E-state index in [9.17, 15) is 0 Å². The molecule has 0 aliphatic carbocycles. The van der Waals surface area contributed by atoms with Crippen molar-refractivity contribution in [2.45, 2.75) is 32.1 Å². The van der Waals surface area contributed by atoms with E-state index in [0.717, 1.165) is 49.4 Å². The molecule has 0 amide bonds. The van der Waals surface area contributed by atoms with Crippen LogP contribution in [-0.4, -0.2) is 23.4 Å². The highest BCUT2D eigenvalue weighted by Gasteiger charge is 2.23. The topological polar surface area (TPSA) is 61.7 Å². The summed E-state index contributed by atoms with van der Waals surface area (Å²) in [7, 11) is 0. The molecule has 15 heavy (non-hydrogen) atoms. The Kier molecular flexibility index (Phi) is 3.02. The summed E-state index contributed by atoms with van der Waals surface area (Å²) in [6.45, 7) is 3.59. The van der Waals surface area contributed by atoms with Gasteiger partial charge in [-0.1, -0.05) is 6.92 Å². The fraction of sp³-hybridized carbons (Fsp3) is 0.636. The van der Waals surface area contributed by atoms with Gasteiger partial charge in [0.05, 0.1) is 17.0 Å². The normalized spacial score (nSPS) is 17.6. The summed E-state index contributed by atoms with van der Waals surface area (Å²) in [5, 5.41) is 16.3.